The maximum Gasteiger partial charge on any atom is 0.264 e. The number of hydrogen-bond acceptors (Lipinski definition) is 2. The number of sulfonamides is 1. The standard InChI is InChI=1S/C15H16ClNO2S/c1-12-6-5-8-14(10-12)17(2)20(18,19)15-9-4-3-7-13(15)11-16/h3-10H,11H2,1-2H3. The molecular weight excluding hydrogens is 294 g/mol. The SMILES string of the molecule is Cc1cccc(N(C)S(=O)(=O)c2ccccc2CCl)c1. The highest BCUT2D eigenvalue weighted by molar-refractivity contribution is 7.92. The van der Waals surface area contributed by atoms with Gasteiger partial charge in [-0.05, 0) is 36.2 Å². The molecule has 0 aliphatic heterocycles. The first-order valence-electron chi connectivity index (χ1n) is 6.16. The normalized spacial score (nSPS) is 11.3. The van der Waals surface area contributed by atoms with Crippen LogP contribution in [-0.4, -0.2) is 15.5 Å². The Hall–Kier alpha value is -1.52. The third kappa shape index (κ3) is 2.81. The van der Waals surface area contributed by atoms with Crippen molar-refractivity contribution in [1.82, 2.24) is 0 Å². The Morgan fingerprint density at radius 1 is 1.10 bits per heavy atom. The first-order chi connectivity index (χ1) is 9.46. The van der Waals surface area contributed by atoms with Crippen molar-refractivity contribution in [2.75, 3.05) is 11.4 Å². The summed E-state index contributed by atoms with van der Waals surface area (Å²) < 4.78 is 26.7. The minimum absolute atomic E-state index is 0.164. The predicted molar refractivity (Wildman–Crippen MR) is 82.8 cm³/mol. The summed E-state index contributed by atoms with van der Waals surface area (Å²) in [6, 6.07) is 14.2. The lowest BCUT2D eigenvalue weighted by Crippen LogP contribution is -2.27. The van der Waals surface area contributed by atoms with Gasteiger partial charge >= 0.3 is 0 Å². The van der Waals surface area contributed by atoms with Gasteiger partial charge in [0.1, 0.15) is 0 Å². The predicted octanol–water partition coefficient (Wildman–Crippen LogP) is 3.56. The monoisotopic (exact) mass is 309 g/mol. The van der Waals surface area contributed by atoms with Gasteiger partial charge in [-0.2, -0.15) is 0 Å². The van der Waals surface area contributed by atoms with Crippen LogP contribution in [0.15, 0.2) is 53.4 Å². The maximum atomic E-state index is 12.7. The van der Waals surface area contributed by atoms with Crippen molar-refractivity contribution in [3.63, 3.8) is 0 Å². The molecule has 0 aromatic heterocycles. The molecule has 0 saturated heterocycles. The van der Waals surface area contributed by atoms with E-state index in [0.717, 1.165) is 5.56 Å². The van der Waals surface area contributed by atoms with Crippen molar-refractivity contribution in [3.8, 4) is 0 Å². The van der Waals surface area contributed by atoms with Crippen molar-refractivity contribution in [2.45, 2.75) is 17.7 Å². The summed E-state index contributed by atoms with van der Waals surface area (Å²) in [5.41, 5.74) is 2.25. The van der Waals surface area contributed by atoms with E-state index >= 15 is 0 Å². The van der Waals surface area contributed by atoms with E-state index in [0.29, 0.717) is 11.3 Å². The summed E-state index contributed by atoms with van der Waals surface area (Å²) in [6.07, 6.45) is 0. The zero-order chi connectivity index (χ0) is 14.8. The Morgan fingerprint density at radius 2 is 1.80 bits per heavy atom. The summed E-state index contributed by atoms with van der Waals surface area (Å²) in [7, 11) is -2.05. The number of alkyl halides is 1. The van der Waals surface area contributed by atoms with Crippen LogP contribution in [0.25, 0.3) is 0 Å². The van der Waals surface area contributed by atoms with Crippen molar-refractivity contribution in [3.05, 3.63) is 59.7 Å². The number of nitrogens with zero attached hydrogens (tertiary/aromatic N) is 1. The number of benzene rings is 2. The van der Waals surface area contributed by atoms with Crippen LogP contribution in [0, 0.1) is 6.92 Å². The van der Waals surface area contributed by atoms with E-state index in [4.69, 9.17) is 11.6 Å². The second-order valence-electron chi connectivity index (χ2n) is 4.55. The van der Waals surface area contributed by atoms with Crippen LogP contribution in [-0.2, 0) is 15.9 Å². The molecule has 0 spiro atoms. The van der Waals surface area contributed by atoms with Gasteiger partial charge in [0.05, 0.1) is 10.6 Å². The van der Waals surface area contributed by atoms with Crippen molar-refractivity contribution in [1.29, 1.82) is 0 Å². The molecule has 0 saturated carbocycles. The van der Waals surface area contributed by atoms with Crippen LogP contribution in [0.2, 0.25) is 0 Å². The lowest BCUT2D eigenvalue weighted by atomic mass is 10.2. The van der Waals surface area contributed by atoms with E-state index in [-0.39, 0.29) is 10.8 Å². The minimum atomic E-state index is -3.60. The van der Waals surface area contributed by atoms with Gasteiger partial charge in [0.25, 0.3) is 10.0 Å². The molecule has 3 nitrogen and oxygen atoms in total. The van der Waals surface area contributed by atoms with Gasteiger partial charge in [0.2, 0.25) is 0 Å². The third-order valence-electron chi connectivity index (χ3n) is 3.12. The van der Waals surface area contributed by atoms with E-state index in [9.17, 15) is 8.42 Å². The van der Waals surface area contributed by atoms with Crippen LogP contribution in [0.1, 0.15) is 11.1 Å². The van der Waals surface area contributed by atoms with Crippen LogP contribution in [0.5, 0.6) is 0 Å². The highest BCUT2D eigenvalue weighted by atomic mass is 35.5. The van der Waals surface area contributed by atoms with E-state index in [1.165, 1.54) is 4.31 Å². The molecule has 0 aliphatic carbocycles. The van der Waals surface area contributed by atoms with Crippen molar-refractivity contribution < 1.29 is 8.42 Å². The fourth-order valence-electron chi connectivity index (χ4n) is 1.98. The topological polar surface area (TPSA) is 37.4 Å². The third-order valence-corrected chi connectivity index (χ3v) is 5.29. The molecule has 0 unspecified atom stereocenters. The fraction of sp³-hybridized carbons (Fsp3) is 0.200. The second kappa shape index (κ2) is 5.85. The Balaban J connectivity index is 2.50. The fourth-order valence-corrected chi connectivity index (χ4v) is 3.70. The average Bonchev–Trinajstić information content (AvgIpc) is 2.46. The second-order valence-corrected chi connectivity index (χ2v) is 6.76. The molecule has 0 atom stereocenters. The van der Waals surface area contributed by atoms with E-state index in [1.807, 2.05) is 25.1 Å². The van der Waals surface area contributed by atoms with Gasteiger partial charge in [-0.25, -0.2) is 8.42 Å². The molecule has 2 aromatic rings. The first-order valence-corrected chi connectivity index (χ1v) is 8.13. The number of anilines is 1. The molecule has 0 aliphatic rings. The Kier molecular flexibility index (Phi) is 4.35. The van der Waals surface area contributed by atoms with E-state index in [1.54, 1.807) is 37.4 Å². The van der Waals surface area contributed by atoms with E-state index < -0.39 is 10.0 Å². The summed E-state index contributed by atoms with van der Waals surface area (Å²) in [4.78, 5) is 0.249. The number of halogens is 1. The highest BCUT2D eigenvalue weighted by Crippen LogP contribution is 2.25. The zero-order valence-electron chi connectivity index (χ0n) is 11.4. The van der Waals surface area contributed by atoms with Crippen molar-refractivity contribution in [2.24, 2.45) is 0 Å². The van der Waals surface area contributed by atoms with Crippen LogP contribution >= 0.6 is 11.6 Å². The van der Waals surface area contributed by atoms with E-state index in [2.05, 4.69) is 0 Å². The molecule has 5 heteroatoms. The molecule has 106 valence electrons. The lowest BCUT2D eigenvalue weighted by Gasteiger charge is -2.21. The smallest absolute Gasteiger partial charge is 0.264 e. The summed E-state index contributed by atoms with van der Waals surface area (Å²) in [5.74, 6) is 0.164. The molecule has 20 heavy (non-hydrogen) atoms. The summed E-state index contributed by atoms with van der Waals surface area (Å²) >= 11 is 5.83. The van der Waals surface area contributed by atoms with Crippen LogP contribution in [0.4, 0.5) is 5.69 Å². The molecule has 2 aromatic carbocycles. The zero-order valence-corrected chi connectivity index (χ0v) is 12.9. The van der Waals surface area contributed by atoms with Gasteiger partial charge in [-0.1, -0.05) is 30.3 Å². The average molecular weight is 310 g/mol. The molecule has 0 bridgehead atoms. The van der Waals surface area contributed by atoms with Gasteiger partial charge in [-0.3, -0.25) is 4.31 Å². The summed E-state index contributed by atoms with van der Waals surface area (Å²) in [6.45, 7) is 1.93. The summed E-state index contributed by atoms with van der Waals surface area (Å²) in [5, 5.41) is 0. The Bertz CT molecular complexity index is 713. The van der Waals surface area contributed by atoms with Gasteiger partial charge < -0.3 is 0 Å². The van der Waals surface area contributed by atoms with Crippen LogP contribution < -0.4 is 4.31 Å². The van der Waals surface area contributed by atoms with Crippen LogP contribution in [0.3, 0.4) is 0 Å². The lowest BCUT2D eigenvalue weighted by molar-refractivity contribution is 0.593. The molecule has 0 fully saturated rings. The van der Waals surface area contributed by atoms with Gasteiger partial charge in [0.15, 0.2) is 0 Å². The highest BCUT2D eigenvalue weighted by Gasteiger charge is 2.23. The largest absolute Gasteiger partial charge is 0.269 e. The number of aryl methyl sites for hydroxylation is 1. The van der Waals surface area contributed by atoms with Crippen molar-refractivity contribution >= 4 is 27.3 Å². The molecule has 0 N–H and O–H groups in total. The Labute approximate surface area is 124 Å². The van der Waals surface area contributed by atoms with Gasteiger partial charge in [0, 0.05) is 12.9 Å². The maximum absolute atomic E-state index is 12.7. The van der Waals surface area contributed by atoms with Gasteiger partial charge in [-0.15, -0.1) is 11.6 Å². The molecule has 2 rings (SSSR count). The minimum Gasteiger partial charge on any atom is -0.269 e. The molecule has 0 amide bonds. The molecule has 0 heterocycles. The number of rotatable bonds is 4. The quantitative estimate of drug-likeness (QED) is 0.810. The first kappa shape index (κ1) is 14.9. The molecule has 0 radical (unpaired) electrons. The number of hydrogen-bond donors (Lipinski definition) is 0. The molecular formula is C15H16ClNO2S. The Morgan fingerprint density at radius 3 is 2.45 bits per heavy atom.